The largest absolute Gasteiger partial charge is 0.330 e. The smallest absolute Gasteiger partial charge is 0.0406 e. The van der Waals surface area contributed by atoms with E-state index in [4.69, 9.17) is 17.3 Å². The number of benzene rings is 1. The highest BCUT2D eigenvalue weighted by atomic mass is 35.5. The van der Waals surface area contributed by atoms with Crippen LogP contribution in [0.25, 0.3) is 0 Å². The molecule has 1 rings (SSSR count). The van der Waals surface area contributed by atoms with Gasteiger partial charge in [0.25, 0.3) is 0 Å². The molecule has 1 atom stereocenters. The highest BCUT2D eigenvalue weighted by Crippen LogP contribution is 2.22. The topological polar surface area (TPSA) is 26.0 Å². The predicted octanol–water partition coefficient (Wildman–Crippen LogP) is 3.53. The fraction of sp³-hybridized carbons (Fsp3) is 0.500. The molecule has 15 heavy (non-hydrogen) atoms. The van der Waals surface area contributed by atoms with Gasteiger partial charge in [0.1, 0.15) is 0 Å². The van der Waals surface area contributed by atoms with Crippen LogP contribution in [0.3, 0.4) is 0 Å². The molecule has 0 saturated heterocycles. The van der Waals surface area contributed by atoms with Gasteiger partial charge in [0, 0.05) is 5.02 Å². The van der Waals surface area contributed by atoms with Gasteiger partial charge in [-0.1, -0.05) is 23.7 Å². The van der Waals surface area contributed by atoms with Crippen LogP contribution in [0.5, 0.6) is 0 Å². The number of thioether (sulfide) groups is 1. The molecule has 0 radical (unpaired) electrons. The summed E-state index contributed by atoms with van der Waals surface area (Å²) in [4.78, 5) is 0. The Kier molecular flexibility index (Phi) is 6.15. The van der Waals surface area contributed by atoms with E-state index in [1.165, 1.54) is 24.2 Å². The Bertz CT molecular complexity index is 273. The first-order chi connectivity index (χ1) is 7.27. The molecule has 0 aliphatic heterocycles. The van der Waals surface area contributed by atoms with Crippen LogP contribution in [0, 0.1) is 0 Å². The van der Waals surface area contributed by atoms with Gasteiger partial charge in [-0.2, -0.15) is 11.8 Å². The lowest BCUT2D eigenvalue weighted by atomic mass is 9.95. The van der Waals surface area contributed by atoms with Crippen molar-refractivity contribution in [1.82, 2.24) is 0 Å². The van der Waals surface area contributed by atoms with Crippen LogP contribution < -0.4 is 5.73 Å². The zero-order valence-electron chi connectivity index (χ0n) is 9.08. The van der Waals surface area contributed by atoms with Gasteiger partial charge in [-0.3, -0.25) is 0 Å². The highest BCUT2D eigenvalue weighted by Gasteiger charge is 2.08. The molecule has 0 bridgehead atoms. The zero-order valence-corrected chi connectivity index (χ0v) is 10.7. The molecular weight excluding hydrogens is 226 g/mol. The number of halogens is 1. The Morgan fingerprint density at radius 1 is 1.33 bits per heavy atom. The molecule has 3 heteroatoms. The molecule has 0 amide bonds. The molecule has 0 aliphatic carbocycles. The molecule has 2 N–H and O–H groups in total. The first kappa shape index (κ1) is 12.9. The average molecular weight is 244 g/mol. The Labute approximate surface area is 101 Å². The van der Waals surface area contributed by atoms with Crippen LogP contribution in [-0.4, -0.2) is 18.6 Å². The third kappa shape index (κ3) is 4.45. The van der Waals surface area contributed by atoms with Gasteiger partial charge in [0.05, 0.1) is 0 Å². The van der Waals surface area contributed by atoms with E-state index >= 15 is 0 Å². The third-order valence-electron chi connectivity index (χ3n) is 2.53. The molecule has 0 heterocycles. The Morgan fingerprint density at radius 2 is 2.00 bits per heavy atom. The molecular formula is C12H18ClNS. The molecule has 1 aromatic rings. The summed E-state index contributed by atoms with van der Waals surface area (Å²) in [5.41, 5.74) is 7.09. The van der Waals surface area contributed by atoms with Gasteiger partial charge < -0.3 is 5.73 Å². The van der Waals surface area contributed by atoms with Crippen molar-refractivity contribution in [3.8, 4) is 0 Å². The van der Waals surface area contributed by atoms with Crippen molar-refractivity contribution in [2.24, 2.45) is 5.73 Å². The normalized spacial score (nSPS) is 12.7. The molecule has 1 nitrogen and oxygen atoms in total. The summed E-state index contributed by atoms with van der Waals surface area (Å²) in [5.74, 6) is 1.69. The summed E-state index contributed by atoms with van der Waals surface area (Å²) in [6.45, 7) is 0.718. The minimum atomic E-state index is 0.481. The Hall–Kier alpha value is -0.180. The van der Waals surface area contributed by atoms with Crippen molar-refractivity contribution in [3.63, 3.8) is 0 Å². The number of hydrogen-bond donors (Lipinski definition) is 1. The molecule has 0 fully saturated rings. The molecule has 0 saturated carbocycles. The van der Waals surface area contributed by atoms with Crippen molar-refractivity contribution in [2.45, 2.75) is 18.8 Å². The lowest BCUT2D eigenvalue weighted by molar-refractivity contribution is 0.626. The van der Waals surface area contributed by atoms with Crippen LogP contribution >= 0.6 is 23.4 Å². The van der Waals surface area contributed by atoms with Crippen LogP contribution in [0.4, 0.5) is 0 Å². The average Bonchev–Trinajstić information content (AvgIpc) is 2.26. The molecule has 84 valence electrons. The van der Waals surface area contributed by atoms with E-state index in [9.17, 15) is 0 Å². The predicted molar refractivity (Wildman–Crippen MR) is 70.9 cm³/mol. The van der Waals surface area contributed by atoms with E-state index in [0.717, 1.165) is 11.6 Å². The van der Waals surface area contributed by atoms with Crippen molar-refractivity contribution < 1.29 is 0 Å². The third-order valence-corrected chi connectivity index (χ3v) is 3.48. The number of hydrogen-bond acceptors (Lipinski definition) is 2. The van der Waals surface area contributed by atoms with Gasteiger partial charge in [0.15, 0.2) is 0 Å². The van der Waals surface area contributed by atoms with Crippen molar-refractivity contribution in [3.05, 3.63) is 34.9 Å². The zero-order chi connectivity index (χ0) is 11.1. The summed E-state index contributed by atoms with van der Waals surface area (Å²) < 4.78 is 0. The summed E-state index contributed by atoms with van der Waals surface area (Å²) in [5, 5.41) is 0.790. The van der Waals surface area contributed by atoms with E-state index in [-0.39, 0.29) is 0 Å². The number of rotatable bonds is 6. The van der Waals surface area contributed by atoms with E-state index in [0.29, 0.717) is 5.92 Å². The molecule has 0 aliphatic rings. The maximum atomic E-state index is 5.85. The molecule has 0 aromatic heterocycles. The molecule has 0 spiro atoms. The minimum absolute atomic E-state index is 0.481. The number of nitrogens with two attached hydrogens (primary N) is 1. The Balaban J connectivity index is 2.53. The van der Waals surface area contributed by atoms with E-state index in [1.807, 2.05) is 23.9 Å². The van der Waals surface area contributed by atoms with Crippen molar-refractivity contribution in [2.75, 3.05) is 18.6 Å². The quantitative estimate of drug-likeness (QED) is 0.774. The fourth-order valence-electron chi connectivity index (χ4n) is 1.63. The minimum Gasteiger partial charge on any atom is -0.330 e. The monoisotopic (exact) mass is 243 g/mol. The van der Waals surface area contributed by atoms with Crippen LogP contribution in [0.15, 0.2) is 24.3 Å². The second kappa shape index (κ2) is 7.15. The van der Waals surface area contributed by atoms with Crippen molar-refractivity contribution in [1.29, 1.82) is 0 Å². The Morgan fingerprint density at radius 3 is 2.53 bits per heavy atom. The van der Waals surface area contributed by atoms with Crippen LogP contribution in [0.1, 0.15) is 24.3 Å². The SMILES string of the molecule is CSCCCC(CN)c1ccc(Cl)cc1. The summed E-state index contributed by atoms with van der Waals surface area (Å²) >= 11 is 7.74. The van der Waals surface area contributed by atoms with Crippen LogP contribution in [0.2, 0.25) is 5.02 Å². The molecule has 1 unspecified atom stereocenters. The summed E-state index contributed by atoms with van der Waals surface area (Å²) in [7, 11) is 0. The van der Waals surface area contributed by atoms with E-state index in [1.54, 1.807) is 0 Å². The van der Waals surface area contributed by atoms with Crippen LogP contribution in [-0.2, 0) is 0 Å². The van der Waals surface area contributed by atoms with Gasteiger partial charge in [-0.05, 0) is 55.0 Å². The first-order valence-electron chi connectivity index (χ1n) is 5.22. The van der Waals surface area contributed by atoms with Gasteiger partial charge >= 0.3 is 0 Å². The lowest BCUT2D eigenvalue weighted by Crippen LogP contribution is -2.12. The second-order valence-electron chi connectivity index (χ2n) is 3.62. The van der Waals surface area contributed by atoms with E-state index < -0.39 is 0 Å². The van der Waals surface area contributed by atoms with Gasteiger partial charge in [-0.25, -0.2) is 0 Å². The van der Waals surface area contributed by atoms with Gasteiger partial charge in [-0.15, -0.1) is 0 Å². The highest BCUT2D eigenvalue weighted by molar-refractivity contribution is 7.98. The standard InChI is InChI=1S/C12H18ClNS/c1-15-8-2-3-11(9-14)10-4-6-12(13)7-5-10/h4-7,11H,2-3,8-9,14H2,1H3. The van der Waals surface area contributed by atoms with Crippen molar-refractivity contribution >= 4 is 23.4 Å². The maximum Gasteiger partial charge on any atom is 0.0406 e. The van der Waals surface area contributed by atoms with E-state index in [2.05, 4.69) is 18.4 Å². The maximum absolute atomic E-state index is 5.85. The second-order valence-corrected chi connectivity index (χ2v) is 5.04. The summed E-state index contributed by atoms with van der Waals surface area (Å²) in [6.07, 6.45) is 4.53. The summed E-state index contributed by atoms with van der Waals surface area (Å²) in [6, 6.07) is 8.04. The first-order valence-corrected chi connectivity index (χ1v) is 6.99. The fourth-order valence-corrected chi connectivity index (χ4v) is 2.21. The van der Waals surface area contributed by atoms with Gasteiger partial charge in [0.2, 0.25) is 0 Å². The lowest BCUT2D eigenvalue weighted by Gasteiger charge is -2.14. The molecule has 1 aromatic carbocycles.